The molecule has 0 amide bonds. The van der Waals surface area contributed by atoms with E-state index in [0.717, 1.165) is 23.0 Å². The molecule has 0 unspecified atom stereocenters. The highest BCUT2D eigenvalue weighted by Gasteiger charge is 2.14. The van der Waals surface area contributed by atoms with Gasteiger partial charge in [0.1, 0.15) is 0 Å². The van der Waals surface area contributed by atoms with E-state index in [0.29, 0.717) is 12.1 Å². The van der Waals surface area contributed by atoms with E-state index < -0.39 is 0 Å². The Hall–Kier alpha value is -1.92. The zero-order chi connectivity index (χ0) is 14.7. The molecule has 3 aromatic rings. The maximum Gasteiger partial charge on any atom is 0.162 e. The monoisotopic (exact) mass is 302 g/mol. The van der Waals surface area contributed by atoms with Gasteiger partial charge in [-0.1, -0.05) is 0 Å². The average molecular weight is 302 g/mol. The summed E-state index contributed by atoms with van der Waals surface area (Å²) in [6.07, 6.45) is 5.46. The molecule has 1 N–H and O–H groups in total. The number of aromatic nitrogens is 3. The van der Waals surface area contributed by atoms with Gasteiger partial charge >= 0.3 is 0 Å². The van der Waals surface area contributed by atoms with Crippen LogP contribution in [0.4, 0.5) is 0 Å². The van der Waals surface area contributed by atoms with E-state index in [9.17, 15) is 0 Å². The molecule has 0 aliphatic heterocycles. The number of thiazole rings is 1. The minimum Gasteiger partial charge on any atom is -0.462 e. The Morgan fingerprint density at radius 2 is 2.29 bits per heavy atom. The van der Waals surface area contributed by atoms with Crippen LogP contribution in [0.25, 0.3) is 10.8 Å². The van der Waals surface area contributed by atoms with Gasteiger partial charge in [-0.3, -0.25) is 4.68 Å². The molecular weight excluding hydrogens is 284 g/mol. The molecule has 3 aromatic heterocycles. The molecule has 5 nitrogen and oxygen atoms in total. The molecule has 110 valence electrons. The largest absolute Gasteiger partial charge is 0.462 e. The lowest BCUT2D eigenvalue weighted by Gasteiger charge is -2.21. The van der Waals surface area contributed by atoms with Gasteiger partial charge in [-0.05, 0) is 32.0 Å². The van der Waals surface area contributed by atoms with E-state index in [-0.39, 0.29) is 0 Å². The van der Waals surface area contributed by atoms with Crippen LogP contribution in [0.5, 0.6) is 0 Å². The van der Waals surface area contributed by atoms with E-state index in [1.807, 2.05) is 29.1 Å². The molecule has 0 saturated carbocycles. The minimum absolute atomic E-state index is 0.295. The number of furan rings is 1. The molecule has 21 heavy (non-hydrogen) atoms. The van der Waals surface area contributed by atoms with Gasteiger partial charge < -0.3 is 9.73 Å². The Bertz CT molecular complexity index is 660. The highest BCUT2D eigenvalue weighted by molar-refractivity contribution is 7.13. The van der Waals surface area contributed by atoms with Gasteiger partial charge in [0.15, 0.2) is 10.8 Å². The van der Waals surface area contributed by atoms with E-state index in [4.69, 9.17) is 4.42 Å². The lowest BCUT2D eigenvalue weighted by Crippen LogP contribution is -2.33. The van der Waals surface area contributed by atoms with Crippen molar-refractivity contribution in [2.24, 2.45) is 0 Å². The van der Waals surface area contributed by atoms with Gasteiger partial charge in [-0.2, -0.15) is 5.10 Å². The Morgan fingerprint density at radius 3 is 3.00 bits per heavy atom. The van der Waals surface area contributed by atoms with Crippen molar-refractivity contribution >= 4 is 11.3 Å². The molecule has 0 aliphatic carbocycles. The molecule has 2 atom stereocenters. The van der Waals surface area contributed by atoms with Crippen LogP contribution in [0.15, 0.2) is 46.7 Å². The van der Waals surface area contributed by atoms with Crippen LogP contribution in [-0.2, 0) is 6.54 Å². The normalized spacial score (nSPS) is 14.2. The van der Waals surface area contributed by atoms with Crippen molar-refractivity contribution in [2.75, 3.05) is 0 Å². The molecule has 0 aromatic carbocycles. The lowest BCUT2D eigenvalue weighted by molar-refractivity contribution is 0.364. The van der Waals surface area contributed by atoms with Crippen molar-refractivity contribution < 1.29 is 4.42 Å². The van der Waals surface area contributed by atoms with Gasteiger partial charge in [0.05, 0.1) is 18.0 Å². The van der Waals surface area contributed by atoms with E-state index >= 15 is 0 Å². The maximum absolute atomic E-state index is 5.36. The first-order chi connectivity index (χ1) is 10.2. The molecule has 0 aliphatic rings. The van der Waals surface area contributed by atoms with Crippen LogP contribution < -0.4 is 5.32 Å². The second kappa shape index (κ2) is 6.24. The fourth-order valence-corrected chi connectivity index (χ4v) is 2.87. The molecular formula is C15H18N4OS. The standard InChI is InChI=1S/C15H18N4OS/c1-11(12(2)19-7-4-6-17-19)16-9-13-10-21-15(18-13)14-5-3-8-20-14/h3-8,10-12,16H,9H2,1-2H3/t11-,12+/m1/s1. The summed E-state index contributed by atoms with van der Waals surface area (Å²) < 4.78 is 7.33. The third kappa shape index (κ3) is 3.22. The summed E-state index contributed by atoms with van der Waals surface area (Å²) in [4.78, 5) is 4.59. The minimum atomic E-state index is 0.295. The zero-order valence-corrected chi connectivity index (χ0v) is 12.9. The van der Waals surface area contributed by atoms with Crippen LogP contribution >= 0.6 is 11.3 Å². The second-order valence-corrected chi connectivity index (χ2v) is 5.88. The third-order valence-corrected chi connectivity index (χ3v) is 4.46. The summed E-state index contributed by atoms with van der Waals surface area (Å²) in [5, 5.41) is 10.8. The van der Waals surface area contributed by atoms with Gasteiger partial charge in [-0.15, -0.1) is 11.3 Å². The highest BCUT2D eigenvalue weighted by atomic mass is 32.1. The Balaban J connectivity index is 1.58. The molecule has 0 saturated heterocycles. The molecule has 3 heterocycles. The van der Waals surface area contributed by atoms with Gasteiger partial charge in [-0.25, -0.2) is 4.98 Å². The Kier molecular flexibility index (Phi) is 4.17. The van der Waals surface area contributed by atoms with Crippen LogP contribution in [-0.4, -0.2) is 20.8 Å². The topological polar surface area (TPSA) is 55.9 Å². The van der Waals surface area contributed by atoms with E-state index in [1.54, 1.807) is 23.8 Å². The fraction of sp³-hybridized carbons (Fsp3) is 0.333. The predicted octanol–water partition coefficient (Wildman–Crippen LogP) is 3.34. The summed E-state index contributed by atoms with van der Waals surface area (Å²) >= 11 is 1.60. The first kappa shape index (κ1) is 14.0. The summed E-state index contributed by atoms with van der Waals surface area (Å²) in [6.45, 7) is 5.05. The van der Waals surface area contributed by atoms with Crippen molar-refractivity contribution in [3.63, 3.8) is 0 Å². The van der Waals surface area contributed by atoms with Crippen molar-refractivity contribution in [1.82, 2.24) is 20.1 Å². The van der Waals surface area contributed by atoms with E-state index in [2.05, 4.69) is 34.6 Å². The smallest absolute Gasteiger partial charge is 0.162 e. The third-order valence-electron chi connectivity index (χ3n) is 3.55. The average Bonchev–Trinajstić information content (AvgIpc) is 3.25. The van der Waals surface area contributed by atoms with Gasteiger partial charge in [0.2, 0.25) is 0 Å². The van der Waals surface area contributed by atoms with Crippen molar-refractivity contribution in [1.29, 1.82) is 0 Å². The SMILES string of the molecule is C[C@@H](NCc1csc(-c2ccco2)n1)[C@H](C)n1cccn1. The van der Waals surface area contributed by atoms with Crippen molar-refractivity contribution in [3.05, 3.63) is 47.9 Å². The van der Waals surface area contributed by atoms with Crippen LogP contribution in [0.2, 0.25) is 0 Å². The van der Waals surface area contributed by atoms with Crippen LogP contribution in [0, 0.1) is 0 Å². The maximum atomic E-state index is 5.36. The number of rotatable bonds is 6. The van der Waals surface area contributed by atoms with Crippen LogP contribution in [0.3, 0.4) is 0 Å². The molecule has 3 rings (SSSR count). The Labute approximate surface area is 127 Å². The summed E-state index contributed by atoms with van der Waals surface area (Å²) in [6, 6.07) is 6.35. The number of hydrogen-bond donors (Lipinski definition) is 1. The zero-order valence-electron chi connectivity index (χ0n) is 12.1. The van der Waals surface area contributed by atoms with Crippen molar-refractivity contribution in [3.8, 4) is 10.8 Å². The molecule has 0 spiro atoms. The fourth-order valence-electron chi connectivity index (χ4n) is 2.09. The summed E-state index contributed by atoms with van der Waals surface area (Å²) in [5.41, 5.74) is 1.03. The quantitative estimate of drug-likeness (QED) is 0.759. The molecule has 0 fully saturated rings. The number of nitrogens with one attached hydrogen (secondary N) is 1. The van der Waals surface area contributed by atoms with E-state index in [1.165, 1.54) is 0 Å². The summed E-state index contributed by atoms with van der Waals surface area (Å²) in [5.74, 6) is 0.823. The van der Waals surface area contributed by atoms with Gasteiger partial charge in [0, 0.05) is 30.4 Å². The van der Waals surface area contributed by atoms with Gasteiger partial charge in [0.25, 0.3) is 0 Å². The number of nitrogens with zero attached hydrogens (tertiary/aromatic N) is 3. The van der Waals surface area contributed by atoms with Crippen molar-refractivity contribution in [2.45, 2.75) is 32.5 Å². The van der Waals surface area contributed by atoms with Crippen LogP contribution in [0.1, 0.15) is 25.6 Å². The Morgan fingerprint density at radius 1 is 1.38 bits per heavy atom. The second-order valence-electron chi connectivity index (χ2n) is 5.02. The predicted molar refractivity (Wildman–Crippen MR) is 83.1 cm³/mol. The first-order valence-corrected chi connectivity index (χ1v) is 7.83. The molecule has 6 heteroatoms. The highest BCUT2D eigenvalue weighted by Crippen LogP contribution is 2.24. The molecule has 0 radical (unpaired) electrons. The first-order valence-electron chi connectivity index (χ1n) is 6.95. The lowest BCUT2D eigenvalue weighted by atomic mass is 10.2. The summed E-state index contributed by atoms with van der Waals surface area (Å²) in [7, 11) is 0. The molecule has 0 bridgehead atoms. The number of hydrogen-bond acceptors (Lipinski definition) is 5.